The topological polar surface area (TPSA) is 3.24 Å². The van der Waals surface area contributed by atoms with Gasteiger partial charge in [-0.15, -0.1) is 0 Å². The summed E-state index contributed by atoms with van der Waals surface area (Å²) in [5.41, 5.74) is 13.0. The molecule has 0 N–H and O–H groups in total. The van der Waals surface area contributed by atoms with Crippen LogP contribution in [0.4, 0.5) is 17.1 Å². The molecule has 10 aromatic carbocycles. The SMILES string of the molecule is c1cc(-c2ccc(N(c3ccc(-c4cccc5ccccc45)cc3)c3cccc(-c4cccc5ccccc45)c3)cc2)cc(-c2cccc3ccccc23)c1. The van der Waals surface area contributed by atoms with Crippen LogP contribution in [0.1, 0.15) is 0 Å². The van der Waals surface area contributed by atoms with Crippen molar-refractivity contribution in [3.63, 3.8) is 0 Å². The average Bonchev–Trinajstić information content (AvgIpc) is 3.26. The van der Waals surface area contributed by atoms with Gasteiger partial charge in [0.25, 0.3) is 0 Å². The van der Waals surface area contributed by atoms with E-state index in [0.717, 1.165) is 17.1 Å². The molecule has 0 atom stereocenters. The highest BCUT2D eigenvalue weighted by Crippen LogP contribution is 2.40. The van der Waals surface area contributed by atoms with Gasteiger partial charge in [0, 0.05) is 17.1 Å². The van der Waals surface area contributed by atoms with Gasteiger partial charge in [-0.1, -0.05) is 182 Å². The molecule has 0 aromatic heterocycles. The van der Waals surface area contributed by atoms with E-state index in [1.807, 2.05) is 0 Å². The molecule has 10 rings (SSSR count). The molecule has 0 saturated heterocycles. The van der Waals surface area contributed by atoms with Crippen LogP contribution in [-0.2, 0) is 0 Å². The van der Waals surface area contributed by atoms with E-state index in [4.69, 9.17) is 0 Å². The van der Waals surface area contributed by atoms with Crippen molar-refractivity contribution in [2.75, 3.05) is 4.90 Å². The van der Waals surface area contributed by atoms with Crippen LogP contribution in [0.5, 0.6) is 0 Å². The zero-order valence-electron chi connectivity index (χ0n) is 30.3. The lowest BCUT2D eigenvalue weighted by molar-refractivity contribution is 1.28. The van der Waals surface area contributed by atoms with Crippen molar-refractivity contribution in [2.45, 2.75) is 0 Å². The van der Waals surface area contributed by atoms with Crippen LogP contribution in [0.2, 0.25) is 0 Å². The smallest absolute Gasteiger partial charge is 0.0467 e. The molecule has 0 aliphatic rings. The van der Waals surface area contributed by atoms with Crippen molar-refractivity contribution in [3.8, 4) is 44.5 Å². The van der Waals surface area contributed by atoms with E-state index in [2.05, 4.69) is 229 Å². The van der Waals surface area contributed by atoms with Gasteiger partial charge < -0.3 is 4.90 Å². The number of rotatable bonds is 7. The summed E-state index contributed by atoms with van der Waals surface area (Å²) in [4.78, 5) is 2.37. The molecule has 0 spiro atoms. The van der Waals surface area contributed by atoms with Crippen molar-refractivity contribution >= 4 is 49.4 Å². The van der Waals surface area contributed by atoms with Crippen LogP contribution >= 0.6 is 0 Å². The van der Waals surface area contributed by atoms with Crippen molar-refractivity contribution in [1.29, 1.82) is 0 Å². The third kappa shape index (κ3) is 6.12. The molecule has 10 aromatic rings. The molecule has 0 heterocycles. The molecule has 0 aliphatic heterocycles. The number of benzene rings is 10. The largest absolute Gasteiger partial charge is 0.310 e. The third-order valence-electron chi connectivity index (χ3n) is 10.9. The zero-order chi connectivity index (χ0) is 36.6. The maximum atomic E-state index is 2.37. The molecule has 258 valence electrons. The lowest BCUT2D eigenvalue weighted by Crippen LogP contribution is -2.10. The van der Waals surface area contributed by atoms with E-state index in [0.29, 0.717) is 0 Å². The van der Waals surface area contributed by atoms with Crippen molar-refractivity contribution in [3.05, 3.63) is 224 Å². The second-order valence-corrected chi connectivity index (χ2v) is 14.1. The summed E-state index contributed by atoms with van der Waals surface area (Å²) < 4.78 is 0. The Bertz CT molecular complexity index is 2960. The molecule has 0 amide bonds. The Balaban J connectivity index is 1.06. The molecule has 1 nitrogen and oxygen atoms in total. The summed E-state index contributed by atoms with van der Waals surface area (Å²) >= 11 is 0. The highest BCUT2D eigenvalue weighted by atomic mass is 15.1. The van der Waals surface area contributed by atoms with E-state index >= 15 is 0 Å². The van der Waals surface area contributed by atoms with Crippen molar-refractivity contribution in [2.24, 2.45) is 0 Å². The number of hydrogen-bond donors (Lipinski definition) is 0. The maximum absolute atomic E-state index is 2.37. The fraction of sp³-hybridized carbons (Fsp3) is 0. The Morgan fingerprint density at radius 2 is 0.600 bits per heavy atom. The molecule has 0 aliphatic carbocycles. The van der Waals surface area contributed by atoms with Gasteiger partial charge in [0.05, 0.1) is 0 Å². The zero-order valence-corrected chi connectivity index (χ0v) is 30.3. The molecular formula is C54H37N. The summed E-state index contributed by atoms with van der Waals surface area (Å²) in [7, 11) is 0. The van der Waals surface area contributed by atoms with Gasteiger partial charge in [-0.2, -0.15) is 0 Å². The van der Waals surface area contributed by atoms with E-state index in [-0.39, 0.29) is 0 Å². The minimum Gasteiger partial charge on any atom is -0.310 e. The molecule has 0 fully saturated rings. The summed E-state index contributed by atoms with van der Waals surface area (Å²) in [5.74, 6) is 0. The number of anilines is 3. The average molecular weight is 700 g/mol. The molecule has 0 saturated carbocycles. The van der Waals surface area contributed by atoms with E-state index < -0.39 is 0 Å². The minimum atomic E-state index is 1.10. The standard InChI is InChI=1S/C54H37N/c1-4-22-49-39(12-1)15-9-25-52(49)42-30-34-47(35-31-42)55(48-21-8-20-45(37-48)54-27-11-17-41-14-3-6-24-51(41)54)46-32-28-38(29-33-46)43-18-7-19-44(36-43)53-26-10-16-40-13-2-5-23-50(40)53/h1-37H. The lowest BCUT2D eigenvalue weighted by atomic mass is 9.95. The van der Waals surface area contributed by atoms with Crippen LogP contribution < -0.4 is 4.90 Å². The molecule has 0 bridgehead atoms. The van der Waals surface area contributed by atoms with Crippen LogP contribution in [0.15, 0.2) is 224 Å². The summed E-state index contributed by atoms with van der Waals surface area (Å²) in [6.07, 6.45) is 0. The van der Waals surface area contributed by atoms with Crippen LogP contribution in [0.25, 0.3) is 76.8 Å². The number of fused-ring (bicyclic) bond motifs is 3. The first kappa shape index (κ1) is 32.4. The first-order valence-electron chi connectivity index (χ1n) is 18.9. The van der Waals surface area contributed by atoms with Crippen LogP contribution in [0.3, 0.4) is 0 Å². The fourth-order valence-corrected chi connectivity index (χ4v) is 8.15. The molecule has 0 radical (unpaired) electrons. The number of hydrogen-bond acceptors (Lipinski definition) is 1. The van der Waals surface area contributed by atoms with Gasteiger partial charge in [-0.25, -0.2) is 0 Å². The minimum absolute atomic E-state index is 1.10. The fourth-order valence-electron chi connectivity index (χ4n) is 8.15. The lowest BCUT2D eigenvalue weighted by Gasteiger charge is -2.26. The van der Waals surface area contributed by atoms with Crippen molar-refractivity contribution < 1.29 is 0 Å². The third-order valence-corrected chi connectivity index (χ3v) is 10.9. The quantitative estimate of drug-likeness (QED) is 0.160. The predicted octanol–water partition coefficient (Wildman–Crippen LogP) is 15.3. The van der Waals surface area contributed by atoms with Gasteiger partial charge in [0.2, 0.25) is 0 Å². The summed E-state index contributed by atoms with van der Waals surface area (Å²) in [6.45, 7) is 0. The first-order valence-corrected chi connectivity index (χ1v) is 18.9. The van der Waals surface area contributed by atoms with Gasteiger partial charge in [-0.05, 0) is 119 Å². The molecule has 1 heteroatoms. The van der Waals surface area contributed by atoms with Gasteiger partial charge in [-0.3, -0.25) is 0 Å². The van der Waals surface area contributed by atoms with Crippen LogP contribution in [0, 0.1) is 0 Å². The van der Waals surface area contributed by atoms with Crippen molar-refractivity contribution in [1.82, 2.24) is 0 Å². The second kappa shape index (κ2) is 14.0. The van der Waals surface area contributed by atoms with Gasteiger partial charge >= 0.3 is 0 Å². The maximum Gasteiger partial charge on any atom is 0.0467 e. The van der Waals surface area contributed by atoms with E-state index in [9.17, 15) is 0 Å². The highest BCUT2D eigenvalue weighted by Gasteiger charge is 2.16. The summed E-state index contributed by atoms with van der Waals surface area (Å²) in [6, 6.07) is 81.4. The normalized spacial score (nSPS) is 11.3. The Morgan fingerprint density at radius 3 is 1.13 bits per heavy atom. The van der Waals surface area contributed by atoms with Crippen LogP contribution in [-0.4, -0.2) is 0 Å². The van der Waals surface area contributed by atoms with Gasteiger partial charge in [0.1, 0.15) is 0 Å². The van der Waals surface area contributed by atoms with E-state index in [1.165, 1.54) is 76.8 Å². The predicted molar refractivity (Wildman–Crippen MR) is 235 cm³/mol. The van der Waals surface area contributed by atoms with E-state index in [1.54, 1.807) is 0 Å². The number of nitrogens with zero attached hydrogens (tertiary/aromatic N) is 1. The Kier molecular flexibility index (Phi) is 8.24. The van der Waals surface area contributed by atoms with Gasteiger partial charge in [0.15, 0.2) is 0 Å². The molecule has 0 unspecified atom stereocenters. The Morgan fingerprint density at radius 1 is 0.218 bits per heavy atom. The molecule has 55 heavy (non-hydrogen) atoms. The highest BCUT2D eigenvalue weighted by molar-refractivity contribution is 5.99. The Labute approximate surface area is 322 Å². The second-order valence-electron chi connectivity index (χ2n) is 14.1. The monoisotopic (exact) mass is 699 g/mol. The first-order chi connectivity index (χ1) is 27.3. The molecular weight excluding hydrogens is 663 g/mol. The summed E-state index contributed by atoms with van der Waals surface area (Å²) in [5, 5.41) is 7.53. The Hall–Kier alpha value is -7.22.